The number of ether oxygens (including phenoxy) is 1. The summed E-state index contributed by atoms with van der Waals surface area (Å²) >= 11 is 1.78. The molecule has 0 aliphatic carbocycles. The standard InChI is InChI=1S/C22H30N6OS/c1-17-7-9-19(10-8-17)29-14-13-27(3)22(23-12-11-20-6-5-15-30-20)24-16-21-26-25-18(2)28(21)4/h5-10,15H,11-14,16H2,1-4H3,(H,23,24). The normalized spacial score (nSPS) is 11.5. The van der Waals surface area contributed by atoms with Gasteiger partial charge in [0.1, 0.15) is 24.7 Å². The lowest BCUT2D eigenvalue weighted by molar-refractivity contribution is 0.281. The number of guanidine groups is 1. The van der Waals surface area contributed by atoms with Crippen molar-refractivity contribution >= 4 is 17.3 Å². The Balaban J connectivity index is 1.58. The molecular weight excluding hydrogens is 396 g/mol. The first-order valence-electron chi connectivity index (χ1n) is 10.1. The molecule has 7 nitrogen and oxygen atoms in total. The Morgan fingerprint density at radius 3 is 2.67 bits per heavy atom. The fraction of sp³-hybridized carbons (Fsp3) is 0.409. The highest BCUT2D eigenvalue weighted by atomic mass is 32.1. The molecule has 0 radical (unpaired) electrons. The molecule has 0 aliphatic heterocycles. The van der Waals surface area contributed by atoms with Crippen LogP contribution in [0, 0.1) is 13.8 Å². The zero-order valence-corrected chi connectivity index (χ0v) is 18.9. The van der Waals surface area contributed by atoms with Gasteiger partial charge < -0.3 is 19.5 Å². The van der Waals surface area contributed by atoms with Gasteiger partial charge in [0.25, 0.3) is 0 Å². The third-order valence-corrected chi connectivity index (χ3v) is 5.80. The monoisotopic (exact) mass is 426 g/mol. The minimum atomic E-state index is 0.474. The SMILES string of the molecule is Cc1ccc(OCCN(C)C(=NCc2nnc(C)n2C)NCCc2cccs2)cc1. The maximum atomic E-state index is 5.88. The third kappa shape index (κ3) is 6.32. The van der Waals surface area contributed by atoms with E-state index in [1.54, 1.807) is 11.3 Å². The number of hydrogen-bond donors (Lipinski definition) is 1. The van der Waals surface area contributed by atoms with E-state index in [2.05, 4.69) is 57.0 Å². The van der Waals surface area contributed by atoms with Crippen molar-refractivity contribution < 1.29 is 4.74 Å². The van der Waals surface area contributed by atoms with Crippen molar-refractivity contribution in [3.63, 3.8) is 0 Å². The number of likely N-dealkylation sites (N-methyl/N-ethyl adjacent to an activating group) is 1. The number of aromatic nitrogens is 3. The maximum absolute atomic E-state index is 5.88. The molecule has 160 valence electrons. The highest BCUT2D eigenvalue weighted by Gasteiger charge is 2.09. The molecule has 0 aliphatic rings. The van der Waals surface area contributed by atoms with Crippen LogP contribution in [0.25, 0.3) is 0 Å². The quantitative estimate of drug-likeness (QED) is 0.420. The summed E-state index contributed by atoms with van der Waals surface area (Å²) in [5.41, 5.74) is 1.22. The Morgan fingerprint density at radius 1 is 1.20 bits per heavy atom. The van der Waals surface area contributed by atoms with E-state index in [9.17, 15) is 0 Å². The highest BCUT2D eigenvalue weighted by molar-refractivity contribution is 7.09. The van der Waals surface area contributed by atoms with Crippen LogP contribution >= 0.6 is 11.3 Å². The van der Waals surface area contributed by atoms with Crippen molar-refractivity contribution in [1.29, 1.82) is 0 Å². The van der Waals surface area contributed by atoms with Gasteiger partial charge in [-0.3, -0.25) is 0 Å². The van der Waals surface area contributed by atoms with E-state index in [-0.39, 0.29) is 0 Å². The number of nitrogens with one attached hydrogen (secondary N) is 1. The number of thiophene rings is 1. The third-order valence-electron chi connectivity index (χ3n) is 4.87. The molecule has 30 heavy (non-hydrogen) atoms. The van der Waals surface area contributed by atoms with Gasteiger partial charge >= 0.3 is 0 Å². The van der Waals surface area contributed by atoms with Crippen LogP contribution in [0.15, 0.2) is 46.8 Å². The lowest BCUT2D eigenvalue weighted by Crippen LogP contribution is -2.41. The van der Waals surface area contributed by atoms with Gasteiger partial charge in [-0.1, -0.05) is 23.8 Å². The fourth-order valence-electron chi connectivity index (χ4n) is 2.84. The van der Waals surface area contributed by atoms with Crippen molar-refractivity contribution in [3.05, 3.63) is 63.9 Å². The lowest BCUT2D eigenvalue weighted by atomic mass is 10.2. The first-order chi connectivity index (χ1) is 14.5. The Hall–Kier alpha value is -2.87. The second-order valence-electron chi connectivity index (χ2n) is 7.20. The van der Waals surface area contributed by atoms with E-state index in [1.165, 1.54) is 10.4 Å². The molecular formula is C22H30N6OS. The first kappa shape index (κ1) is 21.8. The molecule has 3 rings (SSSR count). The minimum Gasteiger partial charge on any atom is -0.492 e. The zero-order chi connectivity index (χ0) is 21.3. The maximum Gasteiger partial charge on any atom is 0.194 e. The van der Waals surface area contributed by atoms with Crippen LogP contribution in [0.5, 0.6) is 5.75 Å². The average molecular weight is 427 g/mol. The van der Waals surface area contributed by atoms with Crippen molar-refractivity contribution in [1.82, 2.24) is 25.0 Å². The number of nitrogens with zero attached hydrogens (tertiary/aromatic N) is 5. The summed E-state index contributed by atoms with van der Waals surface area (Å²) in [4.78, 5) is 8.23. The summed E-state index contributed by atoms with van der Waals surface area (Å²) in [6, 6.07) is 12.4. The van der Waals surface area contributed by atoms with Gasteiger partial charge in [0, 0.05) is 25.5 Å². The zero-order valence-electron chi connectivity index (χ0n) is 18.1. The smallest absolute Gasteiger partial charge is 0.194 e. The Labute approximate surface area is 182 Å². The molecule has 0 fully saturated rings. The highest BCUT2D eigenvalue weighted by Crippen LogP contribution is 2.11. The summed E-state index contributed by atoms with van der Waals surface area (Å²) in [6.07, 6.45) is 0.966. The van der Waals surface area contributed by atoms with Crippen LogP contribution < -0.4 is 10.1 Å². The fourth-order valence-corrected chi connectivity index (χ4v) is 3.55. The predicted molar refractivity (Wildman–Crippen MR) is 122 cm³/mol. The van der Waals surface area contributed by atoms with Crippen LogP contribution in [0.4, 0.5) is 0 Å². The Bertz CT molecular complexity index is 933. The van der Waals surface area contributed by atoms with E-state index in [0.29, 0.717) is 13.2 Å². The Morgan fingerprint density at radius 2 is 2.00 bits per heavy atom. The second-order valence-corrected chi connectivity index (χ2v) is 8.23. The molecule has 2 heterocycles. The summed E-state index contributed by atoms with van der Waals surface area (Å²) in [5, 5.41) is 13.9. The molecule has 0 saturated heterocycles. The van der Waals surface area contributed by atoms with Crippen LogP contribution in [-0.2, 0) is 20.0 Å². The average Bonchev–Trinajstić information content (AvgIpc) is 3.37. The van der Waals surface area contributed by atoms with E-state index < -0.39 is 0 Å². The Kier molecular flexibility index (Phi) is 7.84. The van der Waals surface area contributed by atoms with E-state index in [0.717, 1.165) is 42.9 Å². The molecule has 2 aromatic heterocycles. The van der Waals surface area contributed by atoms with Gasteiger partial charge in [0.15, 0.2) is 11.8 Å². The molecule has 0 unspecified atom stereocenters. The number of aryl methyl sites for hydroxylation is 2. The van der Waals surface area contributed by atoms with Crippen LogP contribution in [0.2, 0.25) is 0 Å². The first-order valence-corrected chi connectivity index (χ1v) is 11.0. The van der Waals surface area contributed by atoms with Gasteiger partial charge in [0.05, 0.1) is 6.54 Å². The molecule has 0 atom stereocenters. The van der Waals surface area contributed by atoms with Crippen molar-refractivity contribution in [2.45, 2.75) is 26.8 Å². The van der Waals surface area contributed by atoms with E-state index >= 15 is 0 Å². The molecule has 1 N–H and O–H groups in total. The second kappa shape index (κ2) is 10.8. The topological polar surface area (TPSA) is 67.6 Å². The summed E-state index contributed by atoms with van der Waals surface area (Å²) < 4.78 is 7.85. The van der Waals surface area contributed by atoms with Crippen molar-refractivity contribution in [3.8, 4) is 5.75 Å². The molecule has 8 heteroatoms. The van der Waals surface area contributed by atoms with Crippen molar-refractivity contribution in [2.75, 3.05) is 26.7 Å². The molecule has 1 aromatic carbocycles. The van der Waals surface area contributed by atoms with Crippen molar-refractivity contribution in [2.24, 2.45) is 12.0 Å². The summed E-state index contributed by atoms with van der Waals surface area (Å²) in [7, 11) is 3.99. The molecule has 0 amide bonds. The van der Waals surface area contributed by atoms with Crippen LogP contribution in [-0.4, -0.2) is 52.4 Å². The molecule has 3 aromatic rings. The molecule has 0 spiro atoms. The summed E-state index contributed by atoms with van der Waals surface area (Å²) in [5.74, 6) is 3.44. The predicted octanol–water partition coefficient (Wildman–Crippen LogP) is 3.19. The lowest BCUT2D eigenvalue weighted by Gasteiger charge is -2.22. The number of benzene rings is 1. The van der Waals surface area contributed by atoms with Gasteiger partial charge in [-0.05, 0) is 43.8 Å². The minimum absolute atomic E-state index is 0.474. The largest absolute Gasteiger partial charge is 0.492 e. The van der Waals surface area contributed by atoms with Gasteiger partial charge in [0.2, 0.25) is 0 Å². The van der Waals surface area contributed by atoms with E-state index in [4.69, 9.17) is 9.73 Å². The van der Waals surface area contributed by atoms with Gasteiger partial charge in [-0.2, -0.15) is 0 Å². The van der Waals surface area contributed by atoms with Gasteiger partial charge in [-0.15, -0.1) is 21.5 Å². The number of hydrogen-bond acceptors (Lipinski definition) is 5. The van der Waals surface area contributed by atoms with Crippen LogP contribution in [0.1, 0.15) is 22.1 Å². The van der Waals surface area contributed by atoms with Crippen LogP contribution in [0.3, 0.4) is 0 Å². The molecule has 0 bridgehead atoms. The summed E-state index contributed by atoms with van der Waals surface area (Å²) in [6.45, 7) is 6.60. The molecule has 0 saturated carbocycles. The number of aliphatic imine (C=N–C) groups is 1. The van der Waals surface area contributed by atoms with E-state index in [1.807, 2.05) is 37.7 Å². The number of rotatable bonds is 9. The van der Waals surface area contributed by atoms with Gasteiger partial charge in [-0.25, -0.2) is 4.99 Å².